The van der Waals surface area contributed by atoms with Crippen molar-refractivity contribution in [3.8, 4) is 17.1 Å². The summed E-state index contributed by atoms with van der Waals surface area (Å²) in [5.74, 6) is 0.834. The predicted molar refractivity (Wildman–Crippen MR) is 124 cm³/mol. The third-order valence-corrected chi connectivity index (χ3v) is 6.70. The van der Waals surface area contributed by atoms with Crippen LogP contribution in [0.1, 0.15) is 13.8 Å². The zero-order valence-electron chi connectivity index (χ0n) is 17.6. The smallest absolute Gasteiger partial charge is 0.235 e. The number of nitrogens with zero attached hydrogens (tertiary/aromatic N) is 6. The molecule has 31 heavy (non-hydrogen) atoms. The Hall–Kier alpha value is -2.42. The number of rotatable bonds is 6. The molecule has 1 unspecified atom stereocenters. The highest BCUT2D eigenvalue weighted by Crippen LogP contribution is 2.31. The summed E-state index contributed by atoms with van der Waals surface area (Å²) in [6, 6.07) is 11.3. The molecule has 1 atom stereocenters. The fourth-order valence-corrected chi connectivity index (χ4v) is 4.68. The lowest BCUT2D eigenvalue weighted by atomic mass is 10.2. The number of amides is 1. The average molecular weight is 457 g/mol. The van der Waals surface area contributed by atoms with Crippen LogP contribution in [-0.4, -0.2) is 73.4 Å². The molecule has 2 aromatic heterocycles. The molecule has 3 aromatic rings. The Morgan fingerprint density at radius 1 is 1.06 bits per heavy atom. The largest absolute Gasteiger partial charge is 0.339 e. The van der Waals surface area contributed by atoms with Gasteiger partial charge >= 0.3 is 0 Å². The number of hydrogen-bond donors (Lipinski definition) is 0. The maximum Gasteiger partial charge on any atom is 0.235 e. The molecule has 1 aliphatic heterocycles. The van der Waals surface area contributed by atoms with Gasteiger partial charge in [-0.1, -0.05) is 30.3 Å². The van der Waals surface area contributed by atoms with Gasteiger partial charge in [0.05, 0.1) is 5.25 Å². The molecule has 4 rings (SSSR count). The van der Waals surface area contributed by atoms with E-state index >= 15 is 0 Å². The molecule has 3 heterocycles. The number of aromatic nitrogens is 4. The van der Waals surface area contributed by atoms with E-state index in [-0.39, 0.29) is 11.2 Å². The molecular formula is C22H25ClN6OS. The third-order valence-electron chi connectivity index (χ3n) is 5.42. The van der Waals surface area contributed by atoms with Crippen LogP contribution in [-0.2, 0) is 4.79 Å². The Morgan fingerprint density at radius 3 is 2.39 bits per heavy atom. The van der Waals surface area contributed by atoms with Crippen molar-refractivity contribution < 1.29 is 4.79 Å². The van der Waals surface area contributed by atoms with E-state index in [1.165, 1.54) is 11.8 Å². The van der Waals surface area contributed by atoms with Gasteiger partial charge in [-0.05, 0) is 49.9 Å². The molecule has 1 aliphatic rings. The highest BCUT2D eigenvalue weighted by Gasteiger charge is 2.27. The van der Waals surface area contributed by atoms with Crippen LogP contribution in [0.2, 0.25) is 5.02 Å². The molecule has 1 aromatic carbocycles. The van der Waals surface area contributed by atoms with E-state index in [1.807, 2.05) is 52.8 Å². The Balaban J connectivity index is 1.60. The van der Waals surface area contributed by atoms with Gasteiger partial charge in [0.15, 0.2) is 11.0 Å². The van der Waals surface area contributed by atoms with Gasteiger partial charge in [0.1, 0.15) is 0 Å². The quantitative estimate of drug-likeness (QED) is 0.528. The molecule has 9 heteroatoms. The minimum Gasteiger partial charge on any atom is -0.339 e. The molecule has 162 valence electrons. The summed E-state index contributed by atoms with van der Waals surface area (Å²) in [4.78, 5) is 21.5. The van der Waals surface area contributed by atoms with Crippen molar-refractivity contribution in [3.63, 3.8) is 0 Å². The number of carbonyl (C=O) groups excluding carboxylic acids is 1. The van der Waals surface area contributed by atoms with Crippen LogP contribution in [0.4, 0.5) is 0 Å². The van der Waals surface area contributed by atoms with E-state index < -0.39 is 0 Å². The molecule has 0 spiro atoms. The molecule has 1 fully saturated rings. The minimum absolute atomic E-state index is 0.136. The topological polar surface area (TPSA) is 67.2 Å². The van der Waals surface area contributed by atoms with Crippen molar-refractivity contribution in [2.75, 3.05) is 32.7 Å². The van der Waals surface area contributed by atoms with Crippen molar-refractivity contribution in [1.82, 2.24) is 29.5 Å². The standard InChI is InChI=1S/C22H25ClN6OS/c1-3-27-12-14-28(15-13-27)21(30)16(2)31-22-26-25-20(17-8-10-24-11-9-17)29(22)19-6-4-18(23)5-7-19/h4-11,16H,3,12-15H2,1-2H3. The number of benzene rings is 1. The van der Waals surface area contributed by atoms with Gasteiger partial charge in [-0.15, -0.1) is 10.2 Å². The lowest BCUT2D eigenvalue weighted by Crippen LogP contribution is -2.50. The fourth-order valence-electron chi connectivity index (χ4n) is 3.61. The van der Waals surface area contributed by atoms with Crippen LogP contribution in [0.5, 0.6) is 0 Å². The van der Waals surface area contributed by atoms with Crippen molar-refractivity contribution in [2.24, 2.45) is 0 Å². The number of pyridine rings is 1. The molecule has 0 saturated carbocycles. The minimum atomic E-state index is -0.270. The van der Waals surface area contributed by atoms with Crippen LogP contribution in [0, 0.1) is 0 Å². The number of piperazine rings is 1. The van der Waals surface area contributed by atoms with E-state index in [2.05, 4.69) is 27.0 Å². The van der Waals surface area contributed by atoms with Crippen molar-refractivity contribution in [3.05, 3.63) is 53.8 Å². The average Bonchev–Trinajstić information content (AvgIpc) is 3.23. The summed E-state index contributed by atoms with van der Waals surface area (Å²) >= 11 is 7.52. The van der Waals surface area contributed by atoms with Crippen LogP contribution >= 0.6 is 23.4 Å². The van der Waals surface area contributed by atoms with Gasteiger partial charge in [0, 0.05) is 54.8 Å². The summed E-state index contributed by atoms with van der Waals surface area (Å²) in [5, 5.41) is 9.92. The summed E-state index contributed by atoms with van der Waals surface area (Å²) < 4.78 is 1.97. The lowest BCUT2D eigenvalue weighted by Gasteiger charge is -2.35. The van der Waals surface area contributed by atoms with Gasteiger partial charge in [-0.25, -0.2) is 0 Å². The first-order valence-electron chi connectivity index (χ1n) is 10.4. The predicted octanol–water partition coefficient (Wildman–Crippen LogP) is 3.63. The monoisotopic (exact) mass is 456 g/mol. The number of hydrogen-bond acceptors (Lipinski definition) is 6. The molecule has 1 saturated heterocycles. The molecule has 7 nitrogen and oxygen atoms in total. The van der Waals surface area contributed by atoms with Crippen LogP contribution in [0.25, 0.3) is 17.1 Å². The Kier molecular flexibility index (Phi) is 6.89. The number of halogens is 1. The molecule has 0 N–H and O–H groups in total. The summed E-state index contributed by atoms with van der Waals surface area (Å²) in [7, 11) is 0. The summed E-state index contributed by atoms with van der Waals surface area (Å²) in [6.45, 7) is 8.49. The van der Waals surface area contributed by atoms with Gasteiger partial charge in [0.2, 0.25) is 5.91 Å². The molecular weight excluding hydrogens is 432 g/mol. The first-order chi connectivity index (χ1) is 15.1. The first-order valence-corrected chi connectivity index (χ1v) is 11.6. The Morgan fingerprint density at radius 2 is 1.74 bits per heavy atom. The highest BCUT2D eigenvalue weighted by molar-refractivity contribution is 8.00. The SMILES string of the molecule is CCN1CCN(C(=O)C(C)Sc2nnc(-c3ccncc3)n2-c2ccc(Cl)cc2)CC1. The Bertz CT molecular complexity index is 1020. The molecule has 1 amide bonds. The van der Waals surface area contributed by atoms with Crippen LogP contribution < -0.4 is 0 Å². The number of thioether (sulfide) groups is 1. The molecule has 0 aliphatic carbocycles. The van der Waals surface area contributed by atoms with E-state index in [9.17, 15) is 4.79 Å². The second-order valence-corrected chi connectivity index (χ2v) is 9.12. The summed E-state index contributed by atoms with van der Waals surface area (Å²) in [5.41, 5.74) is 1.79. The van der Waals surface area contributed by atoms with Crippen molar-refractivity contribution >= 4 is 29.3 Å². The van der Waals surface area contributed by atoms with E-state index in [0.29, 0.717) is 16.0 Å². The molecule has 0 bridgehead atoms. The van der Waals surface area contributed by atoms with Gasteiger partial charge in [0.25, 0.3) is 0 Å². The van der Waals surface area contributed by atoms with Gasteiger partial charge in [-0.3, -0.25) is 14.3 Å². The van der Waals surface area contributed by atoms with Crippen LogP contribution in [0.15, 0.2) is 53.9 Å². The second kappa shape index (κ2) is 9.80. The molecule has 0 radical (unpaired) electrons. The normalized spacial score (nSPS) is 15.8. The maximum absolute atomic E-state index is 13.1. The fraction of sp³-hybridized carbons (Fsp3) is 0.364. The van der Waals surface area contributed by atoms with Gasteiger partial charge in [-0.2, -0.15) is 0 Å². The van der Waals surface area contributed by atoms with E-state index in [4.69, 9.17) is 11.6 Å². The third kappa shape index (κ3) is 4.92. The Labute approximate surface area is 191 Å². The van der Waals surface area contributed by atoms with Crippen molar-refractivity contribution in [2.45, 2.75) is 24.3 Å². The number of carbonyl (C=O) groups is 1. The van der Waals surface area contributed by atoms with E-state index in [1.54, 1.807) is 12.4 Å². The van der Waals surface area contributed by atoms with Crippen molar-refractivity contribution in [1.29, 1.82) is 0 Å². The van der Waals surface area contributed by atoms with Gasteiger partial charge < -0.3 is 9.80 Å². The summed E-state index contributed by atoms with van der Waals surface area (Å²) in [6.07, 6.45) is 3.45. The lowest BCUT2D eigenvalue weighted by molar-refractivity contribution is -0.132. The zero-order valence-corrected chi connectivity index (χ0v) is 19.2. The van der Waals surface area contributed by atoms with E-state index in [0.717, 1.165) is 44.0 Å². The maximum atomic E-state index is 13.1. The second-order valence-electron chi connectivity index (χ2n) is 7.37. The number of likely N-dealkylation sites (N-methyl/N-ethyl adjacent to an activating group) is 1. The highest BCUT2D eigenvalue weighted by atomic mass is 35.5. The first kappa shape index (κ1) is 21.8. The van der Waals surface area contributed by atoms with Crippen LogP contribution in [0.3, 0.4) is 0 Å². The zero-order chi connectivity index (χ0) is 21.8.